The number of nitrogens with zero attached hydrogens (tertiary/aromatic N) is 3. The van der Waals surface area contributed by atoms with Crippen molar-refractivity contribution in [2.45, 2.75) is 64.3 Å². The molecule has 2 amide bonds. The SMILES string of the molecule is CN1CCN(C(=O)C2CCC(N(c3sc(-c4ccccc4)cc3C(=O)O)C(=O)[C@H]3CC[C@H](C)CC3)CC2)CC1. The minimum atomic E-state index is -1.00. The first kappa shape index (κ1) is 27.8. The Kier molecular flexibility index (Phi) is 8.72. The number of piperazine rings is 1. The molecule has 3 aliphatic rings. The largest absolute Gasteiger partial charge is 0.478 e. The van der Waals surface area contributed by atoms with Gasteiger partial charge in [0.25, 0.3) is 0 Å². The molecule has 8 heteroatoms. The van der Waals surface area contributed by atoms with Gasteiger partial charge in [-0.3, -0.25) is 14.5 Å². The number of anilines is 1. The van der Waals surface area contributed by atoms with E-state index in [4.69, 9.17) is 0 Å². The second-order valence-electron chi connectivity index (χ2n) is 11.8. The van der Waals surface area contributed by atoms with Crippen LogP contribution < -0.4 is 4.90 Å². The molecule has 1 saturated heterocycles. The molecule has 7 nitrogen and oxygen atoms in total. The van der Waals surface area contributed by atoms with Crippen LogP contribution in [-0.4, -0.2) is 72.0 Å². The summed E-state index contributed by atoms with van der Waals surface area (Å²) in [5, 5.41) is 10.7. The van der Waals surface area contributed by atoms with Crippen LogP contribution in [0, 0.1) is 17.8 Å². The number of carbonyl (C=O) groups is 3. The highest BCUT2D eigenvalue weighted by molar-refractivity contribution is 7.20. The number of aromatic carboxylic acids is 1. The molecule has 1 aromatic heterocycles. The molecule has 1 N–H and O–H groups in total. The number of thiophene rings is 1. The lowest BCUT2D eigenvalue weighted by molar-refractivity contribution is -0.138. The van der Waals surface area contributed by atoms with E-state index in [2.05, 4.69) is 18.9 Å². The van der Waals surface area contributed by atoms with Crippen LogP contribution in [0.3, 0.4) is 0 Å². The van der Waals surface area contributed by atoms with Crippen molar-refractivity contribution in [3.8, 4) is 10.4 Å². The maximum absolute atomic E-state index is 14.2. The van der Waals surface area contributed by atoms with Crippen LogP contribution in [0.4, 0.5) is 5.00 Å². The molecule has 210 valence electrons. The van der Waals surface area contributed by atoms with Gasteiger partial charge >= 0.3 is 5.97 Å². The fraction of sp³-hybridized carbons (Fsp3) is 0.581. The Balaban J connectivity index is 1.40. The topological polar surface area (TPSA) is 81.2 Å². The van der Waals surface area contributed by atoms with E-state index in [0.717, 1.165) is 88.0 Å². The van der Waals surface area contributed by atoms with Gasteiger partial charge in [0.2, 0.25) is 11.8 Å². The van der Waals surface area contributed by atoms with E-state index in [9.17, 15) is 19.5 Å². The second-order valence-corrected chi connectivity index (χ2v) is 12.8. The van der Waals surface area contributed by atoms with Crippen LogP contribution in [0.1, 0.15) is 68.6 Å². The molecule has 0 unspecified atom stereocenters. The van der Waals surface area contributed by atoms with Crippen LogP contribution in [-0.2, 0) is 9.59 Å². The van der Waals surface area contributed by atoms with Crippen LogP contribution in [0.2, 0.25) is 0 Å². The molecular weight excluding hydrogens is 510 g/mol. The molecule has 2 aliphatic carbocycles. The first-order valence-electron chi connectivity index (χ1n) is 14.5. The number of likely N-dealkylation sites (N-methyl/N-ethyl adjacent to an activating group) is 1. The molecule has 2 aromatic rings. The van der Waals surface area contributed by atoms with Crippen molar-refractivity contribution in [2.75, 3.05) is 38.1 Å². The zero-order valence-corrected chi connectivity index (χ0v) is 24.0. The third-order valence-electron chi connectivity index (χ3n) is 9.05. The number of amides is 2. The number of hydrogen-bond donors (Lipinski definition) is 1. The third-order valence-corrected chi connectivity index (χ3v) is 10.2. The molecular formula is C31H41N3O4S. The predicted octanol–water partition coefficient (Wildman–Crippen LogP) is 5.61. The van der Waals surface area contributed by atoms with Crippen molar-refractivity contribution >= 4 is 34.1 Å². The number of hydrogen-bond acceptors (Lipinski definition) is 5. The Labute approximate surface area is 235 Å². The van der Waals surface area contributed by atoms with Crippen molar-refractivity contribution in [1.82, 2.24) is 9.80 Å². The zero-order chi connectivity index (χ0) is 27.5. The van der Waals surface area contributed by atoms with E-state index in [1.165, 1.54) is 11.3 Å². The average molecular weight is 552 g/mol. The number of carboxylic acid groups (broad SMARTS) is 1. The summed E-state index contributed by atoms with van der Waals surface area (Å²) in [6.45, 7) is 5.61. The quantitative estimate of drug-likeness (QED) is 0.505. The van der Waals surface area contributed by atoms with Gasteiger partial charge in [-0.25, -0.2) is 4.79 Å². The Morgan fingerprint density at radius 2 is 1.49 bits per heavy atom. The summed E-state index contributed by atoms with van der Waals surface area (Å²) in [4.78, 5) is 46.9. The lowest BCUT2D eigenvalue weighted by Gasteiger charge is -2.40. The standard InChI is InChI=1S/C31H41N3O4S/c1-21-8-10-24(11-9-21)29(36)34(30-26(31(37)38)20-27(39-30)22-6-4-3-5-7-22)25-14-12-23(13-15-25)28(35)33-18-16-32(2)17-19-33/h3-7,20-21,23-25H,8-19H2,1-2H3,(H,37,38)/t21-,23?,24-,25?. The Bertz CT molecular complexity index is 1160. The molecule has 2 saturated carbocycles. The van der Waals surface area contributed by atoms with Crippen LogP contribution >= 0.6 is 11.3 Å². The molecule has 0 atom stereocenters. The van der Waals surface area contributed by atoms with Gasteiger partial charge in [-0.2, -0.15) is 0 Å². The van der Waals surface area contributed by atoms with Crippen molar-refractivity contribution < 1.29 is 19.5 Å². The summed E-state index contributed by atoms with van der Waals surface area (Å²) < 4.78 is 0. The highest BCUT2D eigenvalue weighted by Crippen LogP contribution is 2.43. The molecule has 1 aliphatic heterocycles. The van der Waals surface area contributed by atoms with Gasteiger partial charge in [-0.15, -0.1) is 11.3 Å². The highest BCUT2D eigenvalue weighted by Gasteiger charge is 2.39. The lowest BCUT2D eigenvalue weighted by Crippen LogP contribution is -2.51. The maximum atomic E-state index is 14.2. The number of benzene rings is 1. The Morgan fingerprint density at radius 3 is 2.10 bits per heavy atom. The van der Waals surface area contributed by atoms with Gasteiger partial charge in [0.15, 0.2) is 0 Å². The Morgan fingerprint density at radius 1 is 0.872 bits per heavy atom. The van der Waals surface area contributed by atoms with Crippen LogP contribution in [0.15, 0.2) is 36.4 Å². The third kappa shape index (κ3) is 6.22. The van der Waals surface area contributed by atoms with Crippen molar-refractivity contribution in [2.24, 2.45) is 17.8 Å². The minimum Gasteiger partial charge on any atom is -0.478 e. The highest BCUT2D eigenvalue weighted by atomic mass is 32.1. The van der Waals surface area contributed by atoms with Gasteiger partial charge in [0.05, 0.1) is 5.56 Å². The van der Waals surface area contributed by atoms with Gasteiger partial charge in [0.1, 0.15) is 5.00 Å². The van der Waals surface area contributed by atoms with E-state index >= 15 is 0 Å². The zero-order valence-electron chi connectivity index (χ0n) is 23.2. The van der Waals surface area contributed by atoms with Crippen LogP contribution in [0.25, 0.3) is 10.4 Å². The smallest absolute Gasteiger partial charge is 0.338 e. The monoisotopic (exact) mass is 551 g/mol. The fourth-order valence-electron chi connectivity index (χ4n) is 6.47. The normalized spacial score (nSPS) is 26.3. The van der Waals surface area contributed by atoms with E-state index in [-0.39, 0.29) is 35.3 Å². The maximum Gasteiger partial charge on any atom is 0.338 e. The van der Waals surface area contributed by atoms with Crippen molar-refractivity contribution in [3.05, 3.63) is 42.0 Å². The van der Waals surface area contributed by atoms with Crippen molar-refractivity contribution in [3.63, 3.8) is 0 Å². The van der Waals surface area contributed by atoms with E-state index < -0.39 is 5.97 Å². The van der Waals surface area contributed by atoms with Gasteiger partial charge in [-0.1, -0.05) is 37.3 Å². The lowest BCUT2D eigenvalue weighted by atomic mass is 9.80. The summed E-state index contributed by atoms with van der Waals surface area (Å²) >= 11 is 1.41. The molecule has 0 spiro atoms. The van der Waals surface area contributed by atoms with Gasteiger partial charge in [-0.05, 0) is 76.0 Å². The molecule has 39 heavy (non-hydrogen) atoms. The minimum absolute atomic E-state index is 0.0145. The average Bonchev–Trinajstić information content (AvgIpc) is 3.40. The van der Waals surface area contributed by atoms with E-state index in [1.54, 1.807) is 6.07 Å². The molecule has 2 heterocycles. The summed E-state index contributed by atoms with van der Waals surface area (Å²) in [5.74, 6) is -0.153. The van der Waals surface area contributed by atoms with Gasteiger partial charge in [0, 0.05) is 48.9 Å². The van der Waals surface area contributed by atoms with Gasteiger partial charge < -0.3 is 14.9 Å². The summed E-state index contributed by atoms with van der Waals surface area (Å²) in [6, 6.07) is 11.4. The number of carboxylic acids is 1. The summed E-state index contributed by atoms with van der Waals surface area (Å²) in [7, 11) is 2.09. The predicted molar refractivity (Wildman–Crippen MR) is 155 cm³/mol. The number of rotatable bonds is 6. The molecule has 0 bridgehead atoms. The molecule has 1 aromatic carbocycles. The summed E-state index contributed by atoms with van der Waals surface area (Å²) in [6.07, 6.45) is 6.68. The first-order chi connectivity index (χ1) is 18.8. The number of carbonyl (C=O) groups excluding carboxylic acids is 2. The van der Waals surface area contributed by atoms with Crippen molar-refractivity contribution in [1.29, 1.82) is 0 Å². The molecule has 5 rings (SSSR count). The Hall–Kier alpha value is -2.71. The fourth-order valence-corrected chi connectivity index (χ4v) is 7.71. The second kappa shape index (κ2) is 12.2. The summed E-state index contributed by atoms with van der Waals surface area (Å²) in [5.41, 5.74) is 1.16. The van der Waals surface area contributed by atoms with Crippen LogP contribution in [0.5, 0.6) is 0 Å². The van der Waals surface area contributed by atoms with E-state index in [0.29, 0.717) is 10.9 Å². The molecule has 3 fully saturated rings. The molecule has 0 radical (unpaired) electrons. The van der Waals surface area contributed by atoms with E-state index in [1.807, 2.05) is 40.1 Å². The first-order valence-corrected chi connectivity index (χ1v) is 15.4.